The van der Waals surface area contributed by atoms with Gasteiger partial charge in [-0.05, 0) is 55.5 Å². The molecule has 1 aromatic heterocycles. The summed E-state index contributed by atoms with van der Waals surface area (Å²) in [5, 5.41) is 4.19. The van der Waals surface area contributed by atoms with E-state index in [0.29, 0.717) is 13.1 Å². The molecule has 2 amide bonds. The Hall–Kier alpha value is -2.59. The van der Waals surface area contributed by atoms with E-state index in [0.717, 1.165) is 23.6 Å². The second-order valence-corrected chi connectivity index (χ2v) is 9.02. The lowest BCUT2D eigenvalue weighted by Crippen LogP contribution is -2.36. The summed E-state index contributed by atoms with van der Waals surface area (Å²) < 4.78 is 41.2. The molecule has 3 atom stereocenters. The highest BCUT2D eigenvalue weighted by atomic mass is 35.5. The summed E-state index contributed by atoms with van der Waals surface area (Å²) >= 11 is 5.95. The smallest absolute Gasteiger partial charge is 0.366 e. The van der Waals surface area contributed by atoms with Crippen molar-refractivity contribution in [3.05, 3.63) is 52.3 Å². The van der Waals surface area contributed by atoms with Gasteiger partial charge in [-0.1, -0.05) is 11.6 Å². The maximum Gasteiger partial charge on any atom is 0.416 e. The second kappa shape index (κ2) is 8.40. The molecule has 7 nitrogen and oxygen atoms in total. The van der Waals surface area contributed by atoms with Crippen molar-refractivity contribution in [1.29, 1.82) is 0 Å². The van der Waals surface area contributed by atoms with Gasteiger partial charge in [-0.2, -0.15) is 23.0 Å². The molecule has 1 saturated heterocycles. The van der Waals surface area contributed by atoms with Gasteiger partial charge in [0, 0.05) is 36.9 Å². The zero-order valence-corrected chi connectivity index (χ0v) is 18.1. The maximum absolute atomic E-state index is 13.4. The van der Waals surface area contributed by atoms with E-state index >= 15 is 0 Å². The number of hydrogen-bond donors (Lipinski definition) is 1. The fourth-order valence-corrected chi connectivity index (χ4v) is 5.05. The Morgan fingerprint density at radius 2 is 1.91 bits per heavy atom. The molecule has 4 rings (SSSR count). The first-order valence-corrected chi connectivity index (χ1v) is 10.6. The van der Waals surface area contributed by atoms with Crippen LogP contribution >= 0.6 is 11.6 Å². The first-order valence-electron chi connectivity index (χ1n) is 10.2. The molecular formula is C21H23ClF3N5O2. The van der Waals surface area contributed by atoms with E-state index in [-0.39, 0.29) is 46.6 Å². The molecule has 1 aromatic carbocycles. The van der Waals surface area contributed by atoms with Crippen molar-refractivity contribution in [2.45, 2.75) is 31.6 Å². The first kappa shape index (κ1) is 22.6. The third-order valence-corrected chi connectivity index (χ3v) is 6.71. The van der Waals surface area contributed by atoms with Crippen molar-refractivity contribution >= 4 is 23.5 Å². The maximum atomic E-state index is 13.4. The number of amides is 2. The van der Waals surface area contributed by atoms with Gasteiger partial charge in [0.05, 0.1) is 17.3 Å². The van der Waals surface area contributed by atoms with Crippen LogP contribution in [0.1, 0.15) is 34.3 Å². The molecule has 1 aliphatic heterocycles. The predicted molar refractivity (Wildman–Crippen MR) is 111 cm³/mol. The Morgan fingerprint density at radius 1 is 1.25 bits per heavy atom. The second-order valence-electron chi connectivity index (χ2n) is 8.59. The molecule has 2 aliphatic rings. The topological polar surface area (TPSA) is 84.5 Å². The van der Waals surface area contributed by atoms with Crippen molar-refractivity contribution in [1.82, 2.24) is 19.6 Å². The summed E-state index contributed by atoms with van der Waals surface area (Å²) in [6, 6.07) is 3.46. The Labute approximate surface area is 187 Å². The number of fused-ring (bicyclic) bond motifs is 1. The van der Waals surface area contributed by atoms with Crippen molar-refractivity contribution in [3.8, 4) is 0 Å². The number of carbonyl (C=O) groups excluding carboxylic acids is 2. The molecule has 0 radical (unpaired) electrons. The standard InChI is InChI=1S/C21H23ClF3N5O2/c1-28(8-14-4-16(22)2-3-18(14)21(23,24)25)17-5-12-9-29(10-13(12)6-17)20(32)30-11-15(7-27-30)19(26)31/h2-4,7,11-13,17H,5-6,8-10H2,1H3,(H2,26,31)/t12-,13+,17+. The Kier molecular flexibility index (Phi) is 5.93. The number of nitrogens with zero attached hydrogens (tertiary/aromatic N) is 4. The van der Waals surface area contributed by atoms with E-state index in [1.807, 2.05) is 11.9 Å². The number of rotatable bonds is 4. The monoisotopic (exact) mass is 469 g/mol. The fraction of sp³-hybridized carbons (Fsp3) is 0.476. The van der Waals surface area contributed by atoms with Crippen molar-refractivity contribution in [2.24, 2.45) is 17.6 Å². The average Bonchev–Trinajstić information content (AvgIpc) is 3.41. The Balaban J connectivity index is 1.38. The van der Waals surface area contributed by atoms with Gasteiger partial charge in [-0.15, -0.1) is 0 Å². The first-order chi connectivity index (χ1) is 15.0. The zero-order chi connectivity index (χ0) is 23.2. The number of likely N-dealkylation sites (tertiary alicyclic amines) is 1. The van der Waals surface area contributed by atoms with Crippen LogP contribution in [0.5, 0.6) is 0 Å². The molecule has 172 valence electrons. The molecule has 2 aromatic rings. The SMILES string of the molecule is CN(Cc1cc(Cl)ccc1C(F)(F)F)[C@H]1C[C@@H]2CN(C(=O)n3cc(C(N)=O)cn3)C[C@@H]2C1. The Bertz CT molecular complexity index is 1030. The van der Waals surface area contributed by atoms with Crippen molar-refractivity contribution in [3.63, 3.8) is 0 Å². The molecule has 0 unspecified atom stereocenters. The summed E-state index contributed by atoms with van der Waals surface area (Å²) in [7, 11) is 1.82. The fourth-order valence-electron chi connectivity index (χ4n) is 4.85. The van der Waals surface area contributed by atoms with Crippen LogP contribution in [0.25, 0.3) is 0 Å². The number of halogens is 4. The molecule has 0 bridgehead atoms. The van der Waals surface area contributed by atoms with E-state index in [9.17, 15) is 22.8 Å². The largest absolute Gasteiger partial charge is 0.416 e. The van der Waals surface area contributed by atoms with Gasteiger partial charge in [-0.25, -0.2) is 4.79 Å². The number of alkyl halides is 3. The van der Waals surface area contributed by atoms with Gasteiger partial charge in [-0.3, -0.25) is 9.69 Å². The highest BCUT2D eigenvalue weighted by molar-refractivity contribution is 6.30. The number of benzene rings is 1. The van der Waals surface area contributed by atoms with Gasteiger partial charge < -0.3 is 10.6 Å². The van der Waals surface area contributed by atoms with Crippen LogP contribution in [0.3, 0.4) is 0 Å². The van der Waals surface area contributed by atoms with Crippen LogP contribution in [0, 0.1) is 11.8 Å². The van der Waals surface area contributed by atoms with Crippen LogP contribution in [0.4, 0.5) is 18.0 Å². The summed E-state index contributed by atoms with van der Waals surface area (Å²) in [6.07, 6.45) is -0.280. The summed E-state index contributed by atoms with van der Waals surface area (Å²) in [5.41, 5.74) is 4.86. The molecule has 32 heavy (non-hydrogen) atoms. The van der Waals surface area contributed by atoms with E-state index in [1.54, 1.807) is 4.90 Å². The predicted octanol–water partition coefficient (Wildman–Crippen LogP) is 3.46. The molecule has 1 saturated carbocycles. The average molecular weight is 470 g/mol. The number of hydrogen-bond acceptors (Lipinski definition) is 4. The number of nitrogens with two attached hydrogens (primary N) is 1. The van der Waals surface area contributed by atoms with Crippen LogP contribution in [0.15, 0.2) is 30.6 Å². The van der Waals surface area contributed by atoms with Crippen molar-refractivity contribution < 1.29 is 22.8 Å². The van der Waals surface area contributed by atoms with Gasteiger partial charge in [0.25, 0.3) is 5.91 Å². The molecule has 0 spiro atoms. The quantitative estimate of drug-likeness (QED) is 0.743. The van der Waals surface area contributed by atoms with Crippen LogP contribution in [-0.2, 0) is 12.7 Å². The number of aromatic nitrogens is 2. The molecule has 2 heterocycles. The molecule has 2 fully saturated rings. The number of primary amides is 1. The third kappa shape index (κ3) is 4.47. The van der Waals surface area contributed by atoms with E-state index in [4.69, 9.17) is 17.3 Å². The lowest BCUT2D eigenvalue weighted by Gasteiger charge is -2.27. The van der Waals surface area contributed by atoms with Crippen molar-refractivity contribution in [2.75, 3.05) is 20.1 Å². The molecule has 11 heteroatoms. The summed E-state index contributed by atoms with van der Waals surface area (Å²) in [6.45, 7) is 1.24. The van der Waals surface area contributed by atoms with Crippen LogP contribution in [0.2, 0.25) is 5.02 Å². The van der Waals surface area contributed by atoms with Gasteiger partial charge >= 0.3 is 12.2 Å². The van der Waals surface area contributed by atoms with E-state index < -0.39 is 17.6 Å². The molecule has 2 N–H and O–H groups in total. The highest BCUT2D eigenvalue weighted by Crippen LogP contribution is 2.41. The lowest BCUT2D eigenvalue weighted by molar-refractivity contribution is -0.138. The normalized spacial score (nSPS) is 23.1. The minimum atomic E-state index is -4.44. The highest BCUT2D eigenvalue weighted by Gasteiger charge is 2.44. The summed E-state index contributed by atoms with van der Waals surface area (Å²) in [4.78, 5) is 27.5. The minimum Gasteiger partial charge on any atom is -0.366 e. The lowest BCUT2D eigenvalue weighted by atomic mass is 10.0. The van der Waals surface area contributed by atoms with E-state index in [2.05, 4.69) is 5.10 Å². The van der Waals surface area contributed by atoms with Gasteiger partial charge in [0.15, 0.2) is 0 Å². The minimum absolute atomic E-state index is 0.119. The van der Waals surface area contributed by atoms with E-state index in [1.165, 1.54) is 24.5 Å². The van der Waals surface area contributed by atoms with Gasteiger partial charge in [0.2, 0.25) is 0 Å². The summed E-state index contributed by atoms with van der Waals surface area (Å²) in [5.74, 6) is -0.125. The molecule has 1 aliphatic carbocycles. The van der Waals surface area contributed by atoms with Gasteiger partial charge in [0.1, 0.15) is 0 Å². The zero-order valence-electron chi connectivity index (χ0n) is 17.3. The molecular weight excluding hydrogens is 447 g/mol. The van der Waals surface area contributed by atoms with Crippen LogP contribution in [-0.4, -0.2) is 57.7 Å². The Morgan fingerprint density at radius 3 is 2.47 bits per heavy atom. The number of carbonyl (C=O) groups is 2. The van der Waals surface area contributed by atoms with Crippen LogP contribution < -0.4 is 5.73 Å². The third-order valence-electron chi connectivity index (χ3n) is 6.48.